The van der Waals surface area contributed by atoms with E-state index in [1.165, 1.54) is 24.3 Å². The van der Waals surface area contributed by atoms with Gasteiger partial charge in [0, 0.05) is 50.5 Å². The van der Waals surface area contributed by atoms with E-state index >= 15 is 0 Å². The molecule has 0 aliphatic carbocycles. The number of phenols is 4. The third-order valence-electron chi connectivity index (χ3n) is 4.66. The fourth-order valence-corrected chi connectivity index (χ4v) is 3.11. The summed E-state index contributed by atoms with van der Waals surface area (Å²) in [5.41, 5.74) is 0. The molecular formula is C24H16O8Zr. The van der Waals surface area contributed by atoms with Gasteiger partial charge in [0.05, 0.1) is 0 Å². The van der Waals surface area contributed by atoms with Gasteiger partial charge in [-0.25, -0.2) is 0 Å². The van der Waals surface area contributed by atoms with Crippen LogP contribution < -0.4 is 18.9 Å². The van der Waals surface area contributed by atoms with Crippen molar-refractivity contribution < 1.29 is 65.6 Å². The van der Waals surface area contributed by atoms with Gasteiger partial charge >= 0.3 is 0 Å². The van der Waals surface area contributed by atoms with Crippen LogP contribution in [0.1, 0.15) is 0 Å². The SMILES string of the molecule is Oc1cc2c(cc1O)Oc1ccccc1O2.Oc1cc2c(cc1O)Oc1ccccc1O2.[Zr]. The minimum Gasteiger partial charge on any atom is -0.504 e. The first-order chi connectivity index (χ1) is 15.5. The molecule has 8 nitrogen and oxygen atoms in total. The molecule has 0 bridgehead atoms. The predicted octanol–water partition coefficient (Wildman–Crippen LogP) is 5.99. The number of para-hydroxylation sites is 4. The van der Waals surface area contributed by atoms with Crippen LogP contribution in [0, 0.1) is 0 Å². The van der Waals surface area contributed by atoms with Crippen LogP contribution in [0.25, 0.3) is 0 Å². The topological polar surface area (TPSA) is 118 Å². The molecule has 2 aliphatic rings. The Morgan fingerprint density at radius 3 is 0.788 bits per heavy atom. The van der Waals surface area contributed by atoms with E-state index in [4.69, 9.17) is 18.9 Å². The monoisotopic (exact) mass is 522 g/mol. The average Bonchev–Trinajstić information content (AvgIpc) is 2.79. The van der Waals surface area contributed by atoms with E-state index in [0.29, 0.717) is 46.0 Å². The van der Waals surface area contributed by atoms with Crippen LogP contribution in [-0.2, 0) is 26.2 Å². The molecule has 0 fully saturated rings. The molecule has 6 rings (SSSR count). The summed E-state index contributed by atoms with van der Waals surface area (Å²) in [6, 6.07) is 19.7. The Bertz CT molecular complexity index is 1140. The quantitative estimate of drug-likeness (QED) is 0.179. The molecule has 0 aromatic heterocycles. The average molecular weight is 524 g/mol. The Morgan fingerprint density at radius 2 is 0.576 bits per heavy atom. The molecule has 0 amide bonds. The maximum Gasteiger partial charge on any atom is 0.174 e. The molecule has 9 heteroatoms. The number of phenolic OH excluding ortho intramolecular Hbond substituents is 4. The largest absolute Gasteiger partial charge is 0.504 e. The van der Waals surface area contributed by atoms with Crippen LogP contribution in [0.4, 0.5) is 0 Å². The maximum atomic E-state index is 9.34. The summed E-state index contributed by atoms with van der Waals surface area (Å²) in [7, 11) is 0. The van der Waals surface area contributed by atoms with Gasteiger partial charge in [-0.15, -0.1) is 0 Å². The van der Waals surface area contributed by atoms with Crippen molar-refractivity contribution in [3.63, 3.8) is 0 Å². The molecule has 2 heterocycles. The second-order valence-electron chi connectivity index (χ2n) is 6.88. The van der Waals surface area contributed by atoms with Gasteiger partial charge in [-0.1, -0.05) is 24.3 Å². The van der Waals surface area contributed by atoms with Crippen molar-refractivity contribution in [2.45, 2.75) is 0 Å². The zero-order valence-corrected chi connectivity index (χ0v) is 19.3. The molecule has 2 aliphatic heterocycles. The Hall–Kier alpha value is -3.84. The molecule has 0 unspecified atom stereocenters. The summed E-state index contributed by atoms with van der Waals surface area (Å²) in [4.78, 5) is 0. The fraction of sp³-hybridized carbons (Fsp3) is 0. The van der Waals surface area contributed by atoms with Gasteiger partial charge in [0.1, 0.15) is 0 Å². The Morgan fingerprint density at radius 1 is 0.364 bits per heavy atom. The number of ether oxygens (including phenoxy) is 4. The number of fused-ring (bicyclic) bond motifs is 4. The van der Waals surface area contributed by atoms with E-state index in [-0.39, 0.29) is 49.2 Å². The zero-order valence-electron chi connectivity index (χ0n) is 16.9. The Kier molecular flexibility index (Phi) is 6.07. The first kappa shape index (κ1) is 22.4. The molecular weight excluding hydrogens is 507 g/mol. The molecule has 0 saturated carbocycles. The first-order valence-corrected chi connectivity index (χ1v) is 9.49. The van der Waals surface area contributed by atoms with Crippen molar-refractivity contribution >= 4 is 0 Å². The normalized spacial score (nSPS) is 11.6. The molecule has 0 atom stereocenters. The maximum absolute atomic E-state index is 9.34. The van der Waals surface area contributed by atoms with Crippen molar-refractivity contribution in [3.8, 4) is 69.0 Å². The summed E-state index contributed by atoms with van der Waals surface area (Å²) < 4.78 is 22.1. The third-order valence-corrected chi connectivity index (χ3v) is 4.66. The summed E-state index contributed by atoms with van der Waals surface area (Å²) in [6.07, 6.45) is 0. The van der Waals surface area contributed by atoms with Gasteiger partial charge in [-0.05, 0) is 24.3 Å². The molecule has 0 spiro atoms. The van der Waals surface area contributed by atoms with Crippen molar-refractivity contribution in [3.05, 3.63) is 72.8 Å². The van der Waals surface area contributed by atoms with E-state index in [1.807, 2.05) is 24.3 Å². The van der Waals surface area contributed by atoms with E-state index in [2.05, 4.69) is 0 Å². The molecule has 164 valence electrons. The molecule has 0 saturated heterocycles. The van der Waals surface area contributed by atoms with E-state index in [1.54, 1.807) is 24.3 Å². The number of hydrogen-bond acceptors (Lipinski definition) is 8. The first-order valence-electron chi connectivity index (χ1n) is 9.49. The van der Waals surface area contributed by atoms with Crippen molar-refractivity contribution in [1.82, 2.24) is 0 Å². The summed E-state index contributed by atoms with van der Waals surface area (Å²) in [5, 5.41) is 37.4. The summed E-state index contributed by atoms with van der Waals surface area (Å²) in [6.45, 7) is 0. The van der Waals surface area contributed by atoms with Crippen LogP contribution in [0.2, 0.25) is 0 Å². The smallest absolute Gasteiger partial charge is 0.174 e. The van der Waals surface area contributed by atoms with Gasteiger partial charge in [0.15, 0.2) is 69.0 Å². The molecule has 4 aromatic carbocycles. The number of hydrogen-bond donors (Lipinski definition) is 4. The number of rotatable bonds is 0. The van der Waals surface area contributed by atoms with Crippen molar-refractivity contribution in [1.29, 1.82) is 0 Å². The van der Waals surface area contributed by atoms with Crippen molar-refractivity contribution in [2.75, 3.05) is 0 Å². The third kappa shape index (κ3) is 4.40. The van der Waals surface area contributed by atoms with Crippen LogP contribution in [-0.4, -0.2) is 20.4 Å². The predicted molar refractivity (Wildman–Crippen MR) is 113 cm³/mol. The molecule has 33 heavy (non-hydrogen) atoms. The second-order valence-corrected chi connectivity index (χ2v) is 6.88. The van der Waals surface area contributed by atoms with Gasteiger partial charge in [-0.3, -0.25) is 0 Å². The summed E-state index contributed by atoms with van der Waals surface area (Å²) >= 11 is 0. The van der Waals surface area contributed by atoms with Gasteiger partial charge < -0.3 is 39.4 Å². The minimum atomic E-state index is -0.235. The Labute approximate surface area is 206 Å². The minimum absolute atomic E-state index is 0. The molecule has 4 N–H and O–H groups in total. The second kappa shape index (κ2) is 8.96. The fourth-order valence-electron chi connectivity index (χ4n) is 3.11. The molecule has 0 radical (unpaired) electrons. The van der Waals surface area contributed by atoms with E-state index in [0.717, 1.165) is 0 Å². The summed E-state index contributed by atoms with van der Waals surface area (Å²) in [5.74, 6) is 2.93. The van der Waals surface area contributed by atoms with Crippen LogP contribution in [0.5, 0.6) is 69.0 Å². The van der Waals surface area contributed by atoms with Crippen LogP contribution in [0.15, 0.2) is 72.8 Å². The van der Waals surface area contributed by atoms with Crippen molar-refractivity contribution in [2.24, 2.45) is 0 Å². The van der Waals surface area contributed by atoms with Crippen LogP contribution >= 0.6 is 0 Å². The number of aromatic hydroxyl groups is 4. The number of benzene rings is 4. The standard InChI is InChI=1S/2C12H8O4.Zr/c2*13-7-5-11-12(6-8(7)14)16-10-4-2-1-3-9(10)15-11;/h2*1-6,13-14H;. The van der Waals surface area contributed by atoms with E-state index in [9.17, 15) is 20.4 Å². The van der Waals surface area contributed by atoms with Gasteiger partial charge in [0.25, 0.3) is 0 Å². The zero-order chi connectivity index (χ0) is 22.2. The van der Waals surface area contributed by atoms with Gasteiger partial charge in [-0.2, -0.15) is 0 Å². The van der Waals surface area contributed by atoms with Gasteiger partial charge in [0.2, 0.25) is 0 Å². The van der Waals surface area contributed by atoms with E-state index < -0.39 is 0 Å². The Balaban J connectivity index is 0.000000152. The molecule has 4 aromatic rings. The van der Waals surface area contributed by atoms with Crippen LogP contribution in [0.3, 0.4) is 0 Å².